The normalized spacial score (nSPS) is 16.9. The van der Waals surface area contributed by atoms with Crippen LogP contribution in [0, 0.1) is 0 Å². The van der Waals surface area contributed by atoms with Crippen LogP contribution in [-0.4, -0.2) is 18.1 Å². The van der Waals surface area contributed by atoms with E-state index in [1.807, 2.05) is 11.6 Å². The third-order valence-corrected chi connectivity index (χ3v) is 4.75. The van der Waals surface area contributed by atoms with Crippen LogP contribution >= 0.6 is 11.3 Å². The van der Waals surface area contributed by atoms with Crippen LogP contribution in [0.4, 0.5) is 11.4 Å². The summed E-state index contributed by atoms with van der Waals surface area (Å²) in [5.74, 6) is 0. The monoisotopic (exact) mass is 287 g/mol. The molecule has 0 bridgehead atoms. The molecule has 3 nitrogen and oxygen atoms in total. The maximum Gasteiger partial charge on any atom is 0.115 e. The molecule has 0 spiro atoms. The van der Waals surface area contributed by atoms with Crippen molar-refractivity contribution in [3.63, 3.8) is 0 Å². The van der Waals surface area contributed by atoms with Crippen LogP contribution in [-0.2, 0) is 0 Å². The van der Waals surface area contributed by atoms with E-state index in [0.29, 0.717) is 0 Å². The van der Waals surface area contributed by atoms with Gasteiger partial charge in [-0.25, -0.2) is 4.98 Å². The van der Waals surface area contributed by atoms with Gasteiger partial charge in [-0.1, -0.05) is 12.1 Å². The molecule has 1 fully saturated rings. The standard InChI is InChI=1S/C16H21N3S/c1-13(16-17-9-12-20-16)18-14-7-3-4-8-15(14)19-10-5-2-6-11-19/h3-4,7-9,12-13,18H,2,5-6,10-11H2,1H3. The minimum atomic E-state index is 0.251. The van der Waals surface area contributed by atoms with Crippen molar-refractivity contribution in [2.24, 2.45) is 0 Å². The minimum absolute atomic E-state index is 0.251. The lowest BCUT2D eigenvalue weighted by atomic mass is 10.1. The predicted octanol–water partition coefficient (Wildman–Crippen LogP) is 4.31. The summed E-state index contributed by atoms with van der Waals surface area (Å²) in [6.07, 6.45) is 5.84. The fourth-order valence-electron chi connectivity index (χ4n) is 2.75. The highest BCUT2D eigenvalue weighted by molar-refractivity contribution is 7.09. The van der Waals surface area contributed by atoms with Gasteiger partial charge in [0.15, 0.2) is 0 Å². The van der Waals surface area contributed by atoms with Crippen LogP contribution in [0.2, 0.25) is 0 Å². The maximum atomic E-state index is 4.40. The topological polar surface area (TPSA) is 28.2 Å². The van der Waals surface area contributed by atoms with E-state index in [9.17, 15) is 0 Å². The Kier molecular flexibility index (Phi) is 4.21. The van der Waals surface area contributed by atoms with Gasteiger partial charge < -0.3 is 10.2 Å². The number of nitrogens with zero attached hydrogens (tertiary/aromatic N) is 2. The molecule has 1 atom stereocenters. The smallest absolute Gasteiger partial charge is 0.115 e. The Morgan fingerprint density at radius 2 is 2.00 bits per heavy atom. The third kappa shape index (κ3) is 2.96. The largest absolute Gasteiger partial charge is 0.374 e. The molecule has 0 radical (unpaired) electrons. The number of piperidine rings is 1. The predicted molar refractivity (Wildman–Crippen MR) is 86.7 cm³/mol. The van der Waals surface area contributed by atoms with E-state index in [0.717, 1.165) is 5.01 Å². The Hall–Kier alpha value is -1.55. The first-order valence-electron chi connectivity index (χ1n) is 7.34. The molecule has 1 aromatic carbocycles. The number of hydrogen-bond donors (Lipinski definition) is 1. The van der Waals surface area contributed by atoms with Crippen molar-refractivity contribution in [2.45, 2.75) is 32.2 Å². The second-order valence-corrected chi connectivity index (χ2v) is 6.23. The molecule has 1 aliphatic heterocycles. The van der Waals surface area contributed by atoms with Crippen molar-refractivity contribution in [3.05, 3.63) is 40.8 Å². The summed E-state index contributed by atoms with van der Waals surface area (Å²) in [4.78, 5) is 6.90. The van der Waals surface area contributed by atoms with Crippen LogP contribution in [0.5, 0.6) is 0 Å². The highest BCUT2D eigenvalue weighted by Gasteiger charge is 2.16. The SMILES string of the molecule is CC(Nc1ccccc1N1CCCCC1)c1nccs1. The zero-order valence-electron chi connectivity index (χ0n) is 11.9. The number of anilines is 2. The summed E-state index contributed by atoms with van der Waals surface area (Å²) in [5.41, 5.74) is 2.55. The quantitative estimate of drug-likeness (QED) is 0.908. The van der Waals surface area contributed by atoms with Gasteiger partial charge in [-0.2, -0.15) is 0 Å². The zero-order chi connectivity index (χ0) is 13.8. The molecule has 0 amide bonds. The molecule has 106 valence electrons. The van der Waals surface area contributed by atoms with E-state index in [1.54, 1.807) is 11.3 Å². The molecular formula is C16H21N3S. The Morgan fingerprint density at radius 1 is 1.20 bits per heavy atom. The average Bonchev–Trinajstić information content (AvgIpc) is 3.03. The van der Waals surface area contributed by atoms with E-state index >= 15 is 0 Å². The second-order valence-electron chi connectivity index (χ2n) is 5.30. The average molecular weight is 287 g/mol. The van der Waals surface area contributed by atoms with Crippen molar-refractivity contribution in [3.8, 4) is 0 Å². The fraction of sp³-hybridized carbons (Fsp3) is 0.438. The molecule has 1 unspecified atom stereocenters. The first-order chi connectivity index (χ1) is 9.84. The molecule has 2 heterocycles. The first-order valence-corrected chi connectivity index (χ1v) is 8.22. The van der Waals surface area contributed by atoms with Gasteiger partial charge in [0, 0.05) is 24.7 Å². The zero-order valence-corrected chi connectivity index (χ0v) is 12.7. The molecule has 20 heavy (non-hydrogen) atoms. The number of hydrogen-bond acceptors (Lipinski definition) is 4. The van der Waals surface area contributed by atoms with Gasteiger partial charge in [0.05, 0.1) is 17.4 Å². The van der Waals surface area contributed by atoms with Gasteiger partial charge in [-0.3, -0.25) is 0 Å². The summed E-state index contributed by atoms with van der Waals surface area (Å²) in [5, 5.41) is 6.79. The van der Waals surface area contributed by atoms with E-state index < -0.39 is 0 Å². The van der Waals surface area contributed by atoms with Crippen molar-refractivity contribution in [1.82, 2.24) is 4.98 Å². The Bertz CT molecular complexity index is 532. The van der Waals surface area contributed by atoms with E-state index in [2.05, 4.69) is 46.4 Å². The molecule has 2 aromatic rings. The lowest BCUT2D eigenvalue weighted by Crippen LogP contribution is -2.30. The van der Waals surface area contributed by atoms with Gasteiger partial charge in [0.2, 0.25) is 0 Å². The molecule has 4 heteroatoms. The summed E-state index contributed by atoms with van der Waals surface area (Å²) in [6.45, 7) is 4.51. The van der Waals surface area contributed by atoms with Crippen LogP contribution in [0.25, 0.3) is 0 Å². The Labute approximate surface area is 124 Å². The highest BCUT2D eigenvalue weighted by atomic mass is 32.1. The summed E-state index contributed by atoms with van der Waals surface area (Å²) in [7, 11) is 0. The number of benzene rings is 1. The number of rotatable bonds is 4. The number of aromatic nitrogens is 1. The molecule has 1 aromatic heterocycles. The number of para-hydroxylation sites is 2. The molecule has 0 saturated carbocycles. The molecule has 0 aliphatic carbocycles. The van der Waals surface area contributed by atoms with E-state index in [4.69, 9.17) is 0 Å². The highest BCUT2D eigenvalue weighted by Crippen LogP contribution is 2.31. The van der Waals surface area contributed by atoms with Gasteiger partial charge >= 0.3 is 0 Å². The Morgan fingerprint density at radius 3 is 2.75 bits per heavy atom. The molecule has 1 saturated heterocycles. The van der Waals surface area contributed by atoms with Gasteiger partial charge in [0.1, 0.15) is 5.01 Å². The van der Waals surface area contributed by atoms with Gasteiger partial charge in [-0.15, -0.1) is 11.3 Å². The van der Waals surface area contributed by atoms with Crippen molar-refractivity contribution < 1.29 is 0 Å². The van der Waals surface area contributed by atoms with Gasteiger partial charge in [-0.05, 0) is 38.3 Å². The second kappa shape index (κ2) is 6.27. The lowest BCUT2D eigenvalue weighted by Gasteiger charge is -2.31. The molecule has 1 aliphatic rings. The molecule has 1 N–H and O–H groups in total. The summed E-state index contributed by atoms with van der Waals surface area (Å²) in [6, 6.07) is 8.88. The minimum Gasteiger partial charge on any atom is -0.374 e. The fourth-order valence-corrected chi connectivity index (χ4v) is 3.40. The number of thiazole rings is 1. The first kappa shape index (κ1) is 13.4. The lowest BCUT2D eigenvalue weighted by molar-refractivity contribution is 0.578. The molecular weight excluding hydrogens is 266 g/mol. The van der Waals surface area contributed by atoms with Crippen molar-refractivity contribution in [1.29, 1.82) is 0 Å². The van der Waals surface area contributed by atoms with Crippen molar-refractivity contribution >= 4 is 22.7 Å². The van der Waals surface area contributed by atoms with Gasteiger partial charge in [0.25, 0.3) is 0 Å². The summed E-state index contributed by atoms with van der Waals surface area (Å²) < 4.78 is 0. The number of nitrogens with one attached hydrogen (secondary N) is 1. The van der Waals surface area contributed by atoms with Crippen LogP contribution in [0.15, 0.2) is 35.8 Å². The summed E-state index contributed by atoms with van der Waals surface area (Å²) >= 11 is 1.70. The van der Waals surface area contributed by atoms with Crippen molar-refractivity contribution in [2.75, 3.05) is 23.3 Å². The van der Waals surface area contributed by atoms with Crippen LogP contribution < -0.4 is 10.2 Å². The maximum absolute atomic E-state index is 4.40. The Balaban J connectivity index is 1.78. The van der Waals surface area contributed by atoms with Crippen LogP contribution in [0.3, 0.4) is 0 Å². The van der Waals surface area contributed by atoms with E-state index in [1.165, 1.54) is 43.7 Å². The van der Waals surface area contributed by atoms with E-state index in [-0.39, 0.29) is 6.04 Å². The molecule has 3 rings (SSSR count). The van der Waals surface area contributed by atoms with Crippen LogP contribution in [0.1, 0.15) is 37.2 Å². The third-order valence-electron chi connectivity index (χ3n) is 3.79.